The van der Waals surface area contributed by atoms with E-state index in [4.69, 9.17) is 4.74 Å². The van der Waals surface area contributed by atoms with Gasteiger partial charge in [-0.2, -0.15) is 0 Å². The fourth-order valence-electron chi connectivity index (χ4n) is 5.48. The van der Waals surface area contributed by atoms with Crippen molar-refractivity contribution in [1.82, 2.24) is 5.32 Å². The van der Waals surface area contributed by atoms with E-state index in [1.807, 2.05) is 45.9 Å². The van der Waals surface area contributed by atoms with Crippen LogP contribution in [0.4, 0.5) is 5.69 Å². The lowest BCUT2D eigenvalue weighted by molar-refractivity contribution is -0.388. The Balaban J connectivity index is 1.65. The van der Waals surface area contributed by atoms with Crippen LogP contribution in [0, 0.1) is 24.0 Å². The lowest BCUT2D eigenvalue weighted by atomic mass is 9.81. The third-order valence-electron chi connectivity index (χ3n) is 7.54. The fraction of sp³-hybridized carbons (Fsp3) is 0.276. The molecule has 2 unspecified atom stereocenters. The molecule has 9 nitrogen and oxygen atoms in total. The van der Waals surface area contributed by atoms with Crippen LogP contribution in [0.5, 0.6) is 5.75 Å². The minimum atomic E-state index is -2.64. The lowest BCUT2D eigenvalue weighted by Gasteiger charge is -2.34. The Labute approximate surface area is 218 Å². The Bertz CT molecular complexity index is 1540. The van der Waals surface area contributed by atoms with E-state index in [0.29, 0.717) is 5.56 Å². The van der Waals surface area contributed by atoms with E-state index < -0.39 is 39.4 Å². The number of nitrogens with zero attached hydrogens (tertiary/aromatic N) is 1. The van der Waals surface area contributed by atoms with Gasteiger partial charge in [0.2, 0.25) is 17.1 Å². The van der Waals surface area contributed by atoms with Crippen LogP contribution in [0.15, 0.2) is 54.6 Å². The molecule has 2 N–H and O–H groups in total. The van der Waals surface area contributed by atoms with Crippen molar-refractivity contribution in [3.05, 3.63) is 104 Å². The molecule has 1 aliphatic heterocycles. The van der Waals surface area contributed by atoms with Crippen molar-refractivity contribution in [3.8, 4) is 5.75 Å². The molecule has 0 spiro atoms. The summed E-state index contributed by atoms with van der Waals surface area (Å²) in [5, 5.41) is 26.4. The first-order chi connectivity index (χ1) is 17.9. The van der Waals surface area contributed by atoms with Gasteiger partial charge in [0.25, 0.3) is 17.4 Å². The molecule has 1 aliphatic carbocycles. The van der Waals surface area contributed by atoms with Gasteiger partial charge in [-0.3, -0.25) is 24.5 Å². The Morgan fingerprint density at radius 1 is 1.08 bits per heavy atom. The zero-order valence-corrected chi connectivity index (χ0v) is 21.3. The van der Waals surface area contributed by atoms with Crippen molar-refractivity contribution in [2.24, 2.45) is 0 Å². The second-order valence-electron chi connectivity index (χ2n) is 10.1. The molecule has 0 saturated heterocycles. The van der Waals surface area contributed by atoms with Gasteiger partial charge in [-0.1, -0.05) is 56.3 Å². The summed E-state index contributed by atoms with van der Waals surface area (Å²) in [4.78, 5) is 51.7. The molecule has 1 amide bonds. The van der Waals surface area contributed by atoms with Crippen LogP contribution < -0.4 is 10.1 Å². The van der Waals surface area contributed by atoms with E-state index in [-0.39, 0.29) is 34.8 Å². The quantitative estimate of drug-likeness (QED) is 0.289. The second-order valence-corrected chi connectivity index (χ2v) is 10.1. The summed E-state index contributed by atoms with van der Waals surface area (Å²) in [6.45, 7) is 7.55. The largest absolute Gasteiger partial charge is 0.454 e. The van der Waals surface area contributed by atoms with Crippen LogP contribution in [0.2, 0.25) is 0 Å². The Hall–Kier alpha value is -4.37. The van der Waals surface area contributed by atoms with Gasteiger partial charge in [0.1, 0.15) is 11.3 Å². The highest BCUT2D eigenvalue weighted by molar-refractivity contribution is 6.37. The van der Waals surface area contributed by atoms with Gasteiger partial charge in [-0.05, 0) is 48.1 Å². The molecule has 38 heavy (non-hydrogen) atoms. The first-order valence-corrected chi connectivity index (χ1v) is 12.2. The van der Waals surface area contributed by atoms with E-state index in [9.17, 15) is 29.6 Å². The van der Waals surface area contributed by atoms with Crippen LogP contribution >= 0.6 is 0 Å². The minimum absolute atomic E-state index is 0.0702. The number of aryl methyl sites for hydroxylation is 2. The summed E-state index contributed by atoms with van der Waals surface area (Å²) in [6, 6.07) is 14.2. The summed E-state index contributed by atoms with van der Waals surface area (Å²) in [7, 11) is 0. The molecular weight excluding hydrogens is 488 g/mol. The Morgan fingerprint density at radius 3 is 2.37 bits per heavy atom. The number of hydrogen-bond donors (Lipinski definition) is 2. The number of nitro benzene ring substituents is 1. The first-order valence-electron chi connectivity index (χ1n) is 12.2. The van der Waals surface area contributed by atoms with Gasteiger partial charge in [-0.25, -0.2) is 0 Å². The number of aliphatic hydroxyl groups is 1. The number of fused-ring (bicyclic) bond motifs is 5. The number of hydrogen-bond acceptors (Lipinski definition) is 7. The Kier molecular flexibility index (Phi) is 5.72. The highest BCUT2D eigenvalue weighted by Crippen LogP contribution is 2.60. The molecule has 0 bridgehead atoms. The third-order valence-corrected chi connectivity index (χ3v) is 7.54. The average Bonchev–Trinajstić information content (AvgIpc) is 3.22. The summed E-state index contributed by atoms with van der Waals surface area (Å²) in [6.07, 6.45) is -0.222. The molecule has 0 radical (unpaired) electrons. The van der Waals surface area contributed by atoms with Crippen LogP contribution in [-0.2, 0) is 27.3 Å². The maximum absolute atomic E-state index is 14.0. The topological polar surface area (TPSA) is 136 Å². The standard InChI is InChI=1S/C29H26N2O7/c1-15(2)18-11-12-21-24(13-18)38-29(35)25-19(9-6-10-22(25)31(36)37)26(33)28(21,29)30-27(34)23(32)14-20-16(3)7-5-8-17(20)4/h5-13,15,35H,14H2,1-4H3,(H,30,34). The van der Waals surface area contributed by atoms with Crippen molar-refractivity contribution in [3.63, 3.8) is 0 Å². The van der Waals surface area contributed by atoms with Crippen LogP contribution in [-0.4, -0.2) is 27.5 Å². The molecule has 1 heterocycles. The molecule has 0 saturated carbocycles. The van der Waals surface area contributed by atoms with Crippen molar-refractivity contribution in [2.75, 3.05) is 0 Å². The zero-order chi connectivity index (χ0) is 27.6. The number of carbonyl (C=O) groups is 3. The molecule has 2 aliphatic rings. The molecule has 5 rings (SSSR count). The SMILES string of the molecule is Cc1cccc(C)c1CC(=O)C(=O)NC12C(=O)c3cccc([N+](=O)[O-])c3C1(O)Oc1cc(C(C)C)ccc12. The third kappa shape index (κ3) is 3.39. The molecule has 9 heteroatoms. The zero-order valence-electron chi connectivity index (χ0n) is 21.3. The average molecular weight is 515 g/mol. The number of benzene rings is 3. The molecule has 0 fully saturated rings. The number of ketones is 2. The fourth-order valence-corrected chi connectivity index (χ4v) is 5.48. The minimum Gasteiger partial charge on any atom is -0.454 e. The Morgan fingerprint density at radius 2 is 1.74 bits per heavy atom. The second kappa shape index (κ2) is 8.59. The molecule has 2 atom stereocenters. The lowest BCUT2D eigenvalue weighted by Crippen LogP contribution is -2.61. The van der Waals surface area contributed by atoms with E-state index in [1.54, 1.807) is 18.2 Å². The number of Topliss-reactive ketones (excluding diaryl/α,β-unsaturated/α-hetero) is 2. The predicted molar refractivity (Wildman–Crippen MR) is 137 cm³/mol. The monoisotopic (exact) mass is 514 g/mol. The van der Waals surface area contributed by atoms with Crippen molar-refractivity contribution in [2.45, 2.75) is 51.4 Å². The van der Waals surface area contributed by atoms with E-state index in [0.717, 1.165) is 22.8 Å². The van der Waals surface area contributed by atoms with Crippen LogP contribution in [0.25, 0.3) is 0 Å². The van der Waals surface area contributed by atoms with Gasteiger partial charge >= 0.3 is 0 Å². The summed E-state index contributed by atoms with van der Waals surface area (Å²) in [5.41, 5.74) is -0.0614. The number of nitrogens with one attached hydrogen (secondary N) is 1. The van der Waals surface area contributed by atoms with Gasteiger partial charge in [0, 0.05) is 23.6 Å². The van der Waals surface area contributed by atoms with Gasteiger partial charge in [0.15, 0.2) is 0 Å². The van der Waals surface area contributed by atoms with Gasteiger partial charge in [-0.15, -0.1) is 0 Å². The maximum Gasteiger partial charge on any atom is 0.288 e. The van der Waals surface area contributed by atoms with E-state index in [2.05, 4.69) is 5.32 Å². The number of ether oxygens (including phenoxy) is 1. The molecule has 0 aromatic heterocycles. The molecule has 194 valence electrons. The highest BCUT2D eigenvalue weighted by Gasteiger charge is 2.73. The summed E-state index contributed by atoms with van der Waals surface area (Å²) >= 11 is 0. The molecule has 3 aromatic carbocycles. The van der Waals surface area contributed by atoms with Crippen molar-refractivity contribution < 1.29 is 29.2 Å². The first kappa shape index (κ1) is 25.3. The normalized spacial score (nSPS) is 20.9. The van der Waals surface area contributed by atoms with Gasteiger partial charge < -0.3 is 15.2 Å². The predicted octanol–water partition coefficient (Wildman–Crippen LogP) is 3.89. The van der Waals surface area contributed by atoms with Crippen LogP contribution in [0.3, 0.4) is 0 Å². The highest BCUT2D eigenvalue weighted by atomic mass is 16.6. The molecule has 3 aromatic rings. The van der Waals surface area contributed by atoms with E-state index >= 15 is 0 Å². The summed E-state index contributed by atoms with van der Waals surface area (Å²) in [5.74, 6) is -5.22. The molecular formula is C29H26N2O7. The smallest absolute Gasteiger partial charge is 0.288 e. The number of rotatable bonds is 6. The van der Waals surface area contributed by atoms with Crippen molar-refractivity contribution in [1.29, 1.82) is 0 Å². The number of carbonyl (C=O) groups excluding carboxylic acids is 3. The maximum atomic E-state index is 14.0. The van der Waals surface area contributed by atoms with Crippen molar-refractivity contribution >= 4 is 23.2 Å². The van der Waals surface area contributed by atoms with E-state index in [1.165, 1.54) is 12.1 Å². The number of nitro groups is 1. The summed E-state index contributed by atoms with van der Waals surface area (Å²) < 4.78 is 5.94. The number of amides is 1. The van der Waals surface area contributed by atoms with Gasteiger partial charge in [0.05, 0.1) is 4.92 Å². The van der Waals surface area contributed by atoms with Crippen LogP contribution in [0.1, 0.15) is 63.5 Å².